The van der Waals surface area contributed by atoms with Crippen molar-refractivity contribution in [1.29, 1.82) is 0 Å². The third kappa shape index (κ3) is 1.49. The lowest BCUT2D eigenvalue weighted by atomic mass is 9.72. The maximum absolute atomic E-state index is 3.39. The minimum Gasteiger partial charge on any atom is -0.315 e. The van der Waals surface area contributed by atoms with E-state index in [1.807, 2.05) is 0 Å². The average Bonchev–Trinajstić information content (AvgIpc) is 2.13. The van der Waals surface area contributed by atoms with Gasteiger partial charge in [0.1, 0.15) is 0 Å². The fourth-order valence-corrected chi connectivity index (χ4v) is 2.22. The summed E-state index contributed by atoms with van der Waals surface area (Å²) < 4.78 is 0. The molecule has 1 heterocycles. The van der Waals surface area contributed by atoms with Gasteiger partial charge >= 0.3 is 0 Å². The molecule has 70 valence electrons. The summed E-state index contributed by atoms with van der Waals surface area (Å²) in [5, 5.41) is 3.39. The molecular weight excluding hydrogens is 158 g/mol. The van der Waals surface area contributed by atoms with Gasteiger partial charge in [0.25, 0.3) is 0 Å². The van der Waals surface area contributed by atoms with Crippen molar-refractivity contribution < 1.29 is 0 Å². The maximum Gasteiger partial charge on any atom is 0.0202 e. The van der Waals surface area contributed by atoms with Crippen molar-refractivity contribution in [3.63, 3.8) is 0 Å². The summed E-state index contributed by atoms with van der Waals surface area (Å²) in [6.07, 6.45) is 2.58. The first kappa shape index (κ1) is 8.76. The van der Waals surface area contributed by atoms with E-state index < -0.39 is 0 Å². The minimum absolute atomic E-state index is 0.454. The molecule has 1 nitrogen and oxygen atoms in total. The molecule has 0 aromatic heterocycles. The van der Waals surface area contributed by atoms with E-state index >= 15 is 0 Å². The molecule has 1 aromatic rings. The van der Waals surface area contributed by atoms with Crippen LogP contribution in [0.25, 0.3) is 0 Å². The predicted molar refractivity (Wildman–Crippen MR) is 55.9 cm³/mol. The molecule has 2 rings (SSSR count). The lowest BCUT2D eigenvalue weighted by Gasteiger charge is -2.43. The van der Waals surface area contributed by atoms with E-state index in [1.165, 1.54) is 18.4 Å². The van der Waals surface area contributed by atoms with Gasteiger partial charge in [-0.1, -0.05) is 43.7 Å². The van der Waals surface area contributed by atoms with Crippen LogP contribution >= 0.6 is 0 Å². The van der Waals surface area contributed by atoms with Crippen LogP contribution in [0.3, 0.4) is 0 Å². The minimum atomic E-state index is 0.454. The van der Waals surface area contributed by atoms with E-state index in [0.29, 0.717) is 5.41 Å². The van der Waals surface area contributed by atoms with Gasteiger partial charge in [-0.3, -0.25) is 0 Å². The molecule has 0 saturated carbocycles. The molecule has 1 aliphatic rings. The highest BCUT2D eigenvalue weighted by Crippen LogP contribution is 2.32. The number of benzene rings is 1. The van der Waals surface area contributed by atoms with Gasteiger partial charge in [0.15, 0.2) is 0 Å². The van der Waals surface area contributed by atoms with Crippen LogP contribution < -0.4 is 5.32 Å². The van der Waals surface area contributed by atoms with Gasteiger partial charge in [0.05, 0.1) is 0 Å². The summed E-state index contributed by atoms with van der Waals surface area (Å²) in [6.45, 7) is 4.58. The van der Waals surface area contributed by atoms with Crippen LogP contribution in [0.2, 0.25) is 0 Å². The second-order valence-electron chi connectivity index (χ2n) is 4.00. The molecule has 0 amide bonds. The summed E-state index contributed by atoms with van der Waals surface area (Å²) in [4.78, 5) is 0. The van der Waals surface area contributed by atoms with E-state index in [2.05, 4.69) is 42.6 Å². The molecule has 0 bridgehead atoms. The zero-order chi connectivity index (χ0) is 9.15. The molecule has 0 aliphatic carbocycles. The molecule has 0 unspecified atom stereocenters. The SMILES string of the molecule is CCCC1(c2ccccc2)CNC1. The molecule has 0 spiro atoms. The van der Waals surface area contributed by atoms with Crippen LogP contribution in [-0.2, 0) is 5.41 Å². The zero-order valence-electron chi connectivity index (χ0n) is 8.22. The lowest BCUT2D eigenvalue weighted by molar-refractivity contribution is 0.255. The Morgan fingerprint density at radius 2 is 1.92 bits per heavy atom. The molecule has 0 radical (unpaired) electrons. The second-order valence-corrected chi connectivity index (χ2v) is 4.00. The third-order valence-corrected chi connectivity index (χ3v) is 3.04. The first-order valence-electron chi connectivity index (χ1n) is 5.14. The van der Waals surface area contributed by atoms with Gasteiger partial charge in [-0.15, -0.1) is 0 Å². The van der Waals surface area contributed by atoms with Crippen molar-refractivity contribution in [2.45, 2.75) is 25.2 Å². The normalized spacial score (nSPS) is 19.5. The molecule has 1 saturated heterocycles. The highest BCUT2D eigenvalue weighted by molar-refractivity contribution is 5.29. The molecular formula is C12H17N. The van der Waals surface area contributed by atoms with Crippen molar-refractivity contribution in [2.75, 3.05) is 13.1 Å². The van der Waals surface area contributed by atoms with Gasteiger partial charge in [-0.05, 0) is 12.0 Å². The maximum atomic E-state index is 3.39. The van der Waals surface area contributed by atoms with Crippen molar-refractivity contribution in [3.05, 3.63) is 35.9 Å². The van der Waals surface area contributed by atoms with Crippen LogP contribution in [0.5, 0.6) is 0 Å². The topological polar surface area (TPSA) is 12.0 Å². The average molecular weight is 175 g/mol. The Labute approximate surface area is 80.2 Å². The zero-order valence-corrected chi connectivity index (χ0v) is 8.22. The highest BCUT2D eigenvalue weighted by Gasteiger charge is 2.37. The summed E-state index contributed by atoms with van der Waals surface area (Å²) in [6, 6.07) is 10.9. The quantitative estimate of drug-likeness (QED) is 0.743. The van der Waals surface area contributed by atoms with Crippen LogP contribution in [0.15, 0.2) is 30.3 Å². The van der Waals surface area contributed by atoms with E-state index in [-0.39, 0.29) is 0 Å². The van der Waals surface area contributed by atoms with Gasteiger partial charge in [0.2, 0.25) is 0 Å². The number of hydrogen-bond acceptors (Lipinski definition) is 1. The summed E-state index contributed by atoms with van der Waals surface area (Å²) in [5.41, 5.74) is 1.96. The smallest absolute Gasteiger partial charge is 0.0202 e. The van der Waals surface area contributed by atoms with Gasteiger partial charge in [0, 0.05) is 18.5 Å². The van der Waals surface area contributed by atoms with Crippen molar-refractivity contribution in [2.24, 2.45) is 0 Å². The molecule has 1 aliphatic heterocycles. The Morgan fingerprint density at radius 1 is 1.23 bits per heavy atom. The lowest BCUT2D eigenvalue weighted by Crippen LogP contribution is -2.56. The molecule has 1 fully saturated rings. The standard InChI is InChI=1S/C12H17N/c1-2-8-12(9-13-10-12)11-6-4-3-5-7-11/h3-7,13H,2,8-10H2,1H3. The Hall–Kier alpha value is -0.820. The number of rotatable bonds is 3. The first-order chi connectivity index (χ1) is 6.37. The van der Waals surface area contributed by atoms with Crippen LogP contribution in [0.4, 0.5) is 0 Å². The van der Waals surface area contributed by atoms with Gasteiger partial charge in [-0.25, -0.2) is 0 Å². The molecule has 1 aromatic carbocycles. The van der Waals surface area contributed by atoms with Gasteiger partial charge < -0.3 is 5.32 Å². The number of nitrogens with one attached hydrogen (secondary N) is 1. The summed E-state index contributed by atoms with van der Waals surface area (Å²) in [7, 11) is 0. The molecule has 0 atom stereocenters. The van der Waals surface area contributed by atoms with Crippen LogP contribution in [-0.4, -0.2) is 13.1 Å². The van der Waals surface area contributed by atoms with Crippen LogP contribution in [0.1, 0.15) is 25.3 Å². The van der Waals surface area contributed by atoms with Crippen LogP contribution in [0, 0.1) is 0 Å². The monoisotopic (exact) mass is 175 g/mol. The largest absolute Gasteiger partial charge is 0.315 e. The fourth-order valence-electron chi connectivity index (χ4n) is 2.22. The summed E-state index contributed by atoms with van der Waals surface area (Å²) in [5.74, 6) is 0. The fraction of sp³-hybridized carbons (Fsp3) is 0.500. The van der Waals surface area contributed by atoms with E-state index in [1.54, 1.807) is 0 Å². The van der Waals surface area contributed by atoms with Crippen molar-refractivity contribution >= 4 is 0 Å². The highest BCUT2D eigenvalue weighted by atomic mass is 15.0. The Balaban J connectivity index is 2.22. The van der Waals surface area contributed by atoms with E-state index in [9.17, 15) is 0 Å². The van der Waals surface area contributed by atoms with E-state index in [4.69, 9.17) is 0 Å². The van der Waals surface area contributed by atoms with Gasteiger partial charge in [-0.2, -0.15) is 0 Å². The van der Waals surface area contributed by atoms with Crippen molar-refractivity contribution in [1.82, 2.24) is 5.32 Å². The second kappa shape index (κ2) is 3.51. The third-order valence-electron chi connectivity index (χ3n) is 3.04. The first-order valence-corrected chi connectivity index (χ1v) is 5.14. The van der Waals surface area contributed by atoms with E-state index in [0.717, 1.165) is 13.1 Å². The molecule has 1 N–H and O–H groups in total. The number of hydrogen-bond donors (Lipinski definition) is 1. The Morgan fingerprint density at radius 3 is 2.38 bits per heavy atom. The summed E-state index contributed by atoms with van der Waals surface area (Å²) >= 11 is 0. The Bertz CT molecular complexity index is 262. The molecule has 13 heavy (non-hydrogen) atoms. The van der Waals surface area contributed by atoms with Crippen molar-refractivity contribution in [3.8, 4) is 0 Å². The molecule has 1 heteroatoms. The predicted octanol–water partition coefficient (Wildman–Crippen LogP) is 2.33. The Kier molecular flexibility index (Phi) is 2.36.